The Morgan fingerprint density at radius 3 is 2.73 bits per heavy atom. The molecule has 1 aromatic carbocycles. The molecule has 0 saturated carbocycles. The quantitative estimate of drug-likeness (QED) is 0.352. The topological polar surface area (TPSA) is 97.3 Å². The molecule has 0 bridgehead atoms. The first kappa shape index (κ1) is 19.4. The molecule has 26 heavy (non-hydrogen) atoms. The van der Waals surface area contributed by atoms with Crippen LogP contribution in [-0.2, 0) is 17.8 Å². The summed E-state index contributed by atoms with van der Waals surface area (Å²) in [6, 6.07) is 7.96. The van der Waals surface area contributed by atoms with E-state index in [1.807, 2.05) is 16.9 Å². The number of carbonyl (C=O) groups excluding carboxylic acids is 1. The molecular weight excluding hydrogens is 335 g/mol. The zero-order valence-corrected chi connectivity index (χ0v) is 14.9. The SMILES string of the molecule is CN=C(NCCCn1cccn1)NCC(Cc1ccc(F)cc1)C(N)=O. The van der Waals surface area contributed by atoms with Crippen LogP contribution in [0.2, 0.25) is 0 Å². The lowest BCUT2D eigenvalue weighted by molar-refractivity contribution is -0.121. The van der Waals surface area contributed by atoms with Crippen molar-refractivity contribution in [3.05, 3.63) is 54.1 Å². The fraction of sp³-hybridized carbons (Fsp3) is 0.389. The van der Waals surface area contributed by atoms with Crippen LogP contribution in [0.4, 0.5) is 4.39 Å². The van der Waals surface area contributed by atoms with Gasteiger partial charge in [-0.25, -0.2) is 4.39 Å². The van der Waals surface area contributed by atoms with Crippen LogP contribution in [0.15, 0.2) is 47.7 Å². The smallest absolute Gasteiger partial charge is 0.222 e. The molecule has 7 nitrogen and oxygen atoms in total. The molecule has 0 saturated heterocycles. The van der Waals surface area contributed by atoms with Crippen LogP contribution in [-0.4, -0.2) is 41.8 Å². The van der Waals surface area contributed by atoms with E-state index >= 15 is 0 Å². The summed E-state index contributed by atoms with van der Waals surface area (Å²) < 4.78 is 14.9. The third-order valence-electron chi connectivity index (χ3n) is 3.95. The second-order valence-corrected chi connectivity index (χ2v) is 5.93. The number of nitrogens with two attached hydrogens (primary N) is 1. The molecule has 0 radical (unpaired) electrons. The van der Waals surface area contributed by atoms with Crippen molar-refractivity contribution in [3.8, 4) is 0 Å². The van der Waals surface area contributed by atoms with E-state index in [0.717, 1.165) is 25.1 Å². The number of nitrogens with zero attached hydrogens (tertiary/aromatic N) is 3. The number of halogens is 1. The van der Waals surface area contributed by atoms with Gasteiger partial charge in [-0.3, -0.25) is 14.5 Å². The van der Waals surface area contributed by atoms with Gasteiger partial charge < -0.3 is 16.4 Å². The van der Waals surface area contributed by atoms with Gasteiger partial charge in [-0.2, -0.15) is 5.10 Å². The minimum Gasteiger partial charge on any atom is -0.369 e. The van der Waals surface area contributed by atoms with Crippen molar-refractivity contribution in [2.24, 2.45) is 16.6 Å². The van der Waals surface area contributed by atoms with Crippen LogP contribution >= 0.6 is 0 Å². The van der Waals surface area contributed by atoms with Gasteiger partial charge in [-0.15, -0.1) is 0 Å². The first-order valence-corrected chi connectivity index (χ1v) is 8.54. The average Bonchev–Trinajstić information content (AvgIpc) is 3.15. The van der Waals surface area contributed by atoms with Crippen molar-refractivity contribution >= 4 is 11.9 Å². The highest BCUT2D eigenvalue weighted by Gasteiger charge is 2.16. The van der Waals surface area contributed by atoms with E-state index in [0.29, 0.717) is 18.9 Å². The lowest BCUT2D eigenvalue weighted by atomic mass is 9.98. The molecule has 8 heteroatoms. The lowest BCUT2D eigenvalue weighted by Gasteiger charge is -2.17. The van der Waals surface area contributed by atoms with Crippen molar-refractivity contribution in [1.82, 2.24) is 20.4 Å². The van der Waals surface area contributed by atoms with Gasteiger partial charge in [0.15, 0.2) is 5.96 Å². The molecule has 0 fully saturated rings. The Morgan fingerprint density at radius 1 is 1.35 bits per heavy atom. The Kier molecular flexibility index (Phi) is 7.60. The Morgan fingerprint density at radius 2 is 2.12 bits per heavy atom. The van der Waals surface area contributed by atoms with Crippen LogP contribution in [0.25, 0.3) is 0 Å². The highest BCUT2D eigenvalue weighted by atomic mass is 19.1. The number of carbonyl (C=O) groups is 1. The third kappa shape index (κ3) is 6.54. The molecule has 0 aliphatic carbocycles. The van der Waals surface area contributed by atoms with Gasteiger partial charge in [0, 0.05) is 39.1 Å². The second-order valence-electron chi connectivity index (χ2n) is 5.93. The molecule has 0 aliphatic rings. The monoisotopic (exact) mass is 360 g/mol. The molecule has 140 valence electrons. The Balaban J connectivity index is 1.76. The van der Waals surface area contributed by atoms with Gasteiger partial charge in [0.25, 0.3) is 0 Å². The summed E-state index contributed by atoms with van der Waals surface area (Å²) in [5.41, 5.74) is 6.36. The second kappa shape index (κ2) is 10.2. The van der Waals surface area contributed by atoms with E-state index in [1.165, 1.54) is 12.1 Å². The minimum absolute atomic E-state index is 0.304. The standard InChI is InChI=1S/C18H25FN6O/c1-21-18(22-8-2-10-25-11-3-9-24-25)23-13-15(17(20)26)12-14-4-6-16(19)7-5-14/h3-7,9,11,15H,2,8,10,12-13H2,1H3,(H2,20,26)(H2,21,22,23). The molecule has 2 rings (SSSR count). The molecule has 1 aromatic heterocycles. The Bertz CT molecular complexity index is 699. The highest BCUT2D eigenvalue weighted by molar-refractivity contribution is 5.81. The maximum atomic E-state index is 13.0. The van der Waals surface area contributed by atoms with E-state index in [9.17, 15) is 9.18 Å². The lowest BCUT2D eigenvalue weighted by Crippen LogP contribution is -2.43. The number of aliphatic imine (C=N–C) groups is 1. The Labute approximate surface area is 152 Å². The number of hydrogen-bond acceptors (Lipinski definition) is 3. The molecule has 0 spiro atoms. The van der Waals surface area contributed by atoms with Crippen LogP contribution in [0.1, 0.15) is 12.0 Å². The number of benzene rings is 1. The summed E-state index contributed by atoms with van der Waals surface area (Å²) in [6.45, 7) is 1.88. The fourth-order valence-corrected chi connectivity index (χ4v) is 2.50. The Hall–Kier alpha value is -2.90. The maximum Gasteiger partial charge on any atom is 0.222 e. The molecule has 1 heterocycles. The van der Waals surface area contributed by atoms with Crippen LogP contribution < -0.4 is 16.4 Å². The van der Waals surface area contributed by atoms with Crippen molar-refractivity contribution in [1.29, 1.82) is 0 Å². The number of aryl methyl sites for hydroxylation is 1. The van der Waals surface area contributed by atoms with Crippen LogP contribution in [0.5, 0.6) is 0 Å². The maximum absolute atomic E-state index is 13.0. The third-order valence-corrected chi connectivity index (χ3v) is 3.95. The largest absolute Gasteiger partial charge is 0.369 e. The molecule has 1 unspecified atom stereocenters. The molecule has 4 N–H and O–H groups in total. The number of nitrogens with one attached hydrogen (secondary N) is 2. The van der Waals surface area contributed by atoms with Gasteiger partial charge in [0.2, 0.25) is 5.91 Å². The normalized spacial score (nSPS) is 12.6. The molecule has 1 amide bonds. The van der Waals surface area contributed by atoms with Crippen molar-refractivity contribution < 1.29 is 9.18 Å². The van der Waals surface area contributed by atoms with E-state index in [2.05, 4.69) is 20.7 Å². The van der Waals surface area contributed by atoms with Gasteiger partial charge >= 0.3 is 0 Å². The van der Waals surface area contributed by atoms with E-state index < -0.39 is 11.8 Å². The number of guanidine groups is 1. The van der Waals surface area contributed by atoms with Gasteiger partial charge in [-0.1, -0.05) is 12.1 Å². The minimum atomic E-state index is -0.414. The summed E-state index contributed by atoms with van der Waals surface area (Å²) in [4.78, 5) is 15.8. The van der Waals surface area contributed by atoms with E-state index in [-0.39, 0.29) is 5.82 Å². The number of aromatic nitrogens is 2. The zero-order valence-electron chi connectivity index (χ0n) is 14.9. The van der Waals surface area contributed by atoms with Crippen LogP contribution in [0.3, 0.4) is 0 Å². The predicted molar refractivity (Wildman–Crippen MR) is 99.0 cm³/mol. The highest BCUT2D eigenvalue weighted by Crippen LogP contribution is 2.09. The number of rotatable bonds is 9. The summed E-state index contributed by atoms with van der Waals surface area (Å²) in [6.07, 6.45) is 5.00. The van der Waals surface area contributed by atoms with Crippen molar-refractivity contribution in [3.63, 3.8) is 0 Å². The predicted octanol–water partition coefficient (Wildman–Crippen LogP) is 0.921. The summed E-state index contributed by atoms with van der Waals surface area (Å²) in [7, 11) is 1.67. The van der Waals surface area contributed by atoms with Gasteiger partial charge in [0.05, 0.1) is 5.92 Å². The zero-order chi connectivity index (χ0) is 18.8. The van der Waals surface area contributed by atoms with E-state index in [4.69, 9.17) is 5.73 Å². The van der Waals surface area contributed by atoms with Crippen molar-refractivity contribution in [2.75, 3.05) is 20.1 Å². The van der Waals surface area contributed by atoms with Crippen molar-refractivity contribution in [2.45, 2.75) is 19.4 Å². The molecule has 1 atom stereocenters. The first-order valence-electron chi connectivity index (χ1n) is 8.54. The van der Waals surface area contributed by atoms with Gasteiger partial charge in [-0.05, 0) is 36.6 Å². The fourth-order valence-electron chi connectivity index (χ4n) is 2.50. The molecule has 0 aliphatic heterocycles. The molecular formula is C18H25FN6O. The first-order chi connectivity index (χ1) is 12.6. The van der Waals surface area contributed by atoms with Gasteiger partial charge in [0.1, 0.15) is 5.82 Å². The average molecular weight is 360 g/mol. The summed E-state index contributed by atoms with van der Waals surface area (Å²) in [5.74, 6) is -0.517. The van der Waals surface area contributed by atoms with Crippen LogP contribution in [0, 0.1) is 11.7 Å². The number of primary amides is 1. The summed E-state index contributed by atoms with van der Waals surface area (Å²) >= 11 is 0. The number of hydrogen-bond donors (Lipinski definition) is 3. The molecule has 2 aromatic rings. The number of amides is 1. The van der Waals surface area contributed by atoms with E-state index in [1.54, 1.807) is 25.4 Å². The summed E-state index contributed by atoms with van der Waals surface area (Å²) in [5, 5.41) is 10.5.